The fourth-order valence-electron chi connectivity index (χ4n) is 3.65. The van der Waals surface area contributed by atoms with Gasteiger partial charge in [0.2, 0.25) is 0 Å². The Labute approximate surface area is 150 Å². The van der Waals surface area contributed by atoms with Gasteiger partial charge in [-0.2, -0.15) is 0 Å². The Morgan fingerprint density at radius 1 is 1.12 bits per heavy atom. The molecule has 0 aromatic heterocycles. The molecule has 0 saturated heterocycles. The highest BCUT2D eigenvalue weighted by atomic mass is 35.5. The highest BCUT2D eigenvalue weighted by Crippen LogP contribution is 2.44. The van der Waals surface area contributed by atoms with E-state index in [1.54, 1.807) is 6.07 Å². The van der Waals surface area contributed by atoms with Gasteiger partial charge < -0.3 is 4.90 Å². The van der Waals surface area contributed by atoms with E-state index in [2.05, 4.69) is 0 Å². The maximum absolute atomic E-state index is 14.6. The van der Waals surface area contributed by atoms with Crippen LogP contribution in [0.15, 0.2) is 36.4 Å². The molecule has 2 aromatic carbocycles. The van der Waals surface area contributed by atoms with Crippen molar-refractivity contribution in [1.82, 2.24) is 0 Å². The molecule has 0 radical (unpaired) electrons. The number of carbonyl (C=O) groups is 1. The molecule has 3 rings (SSSR count). The van der Waals surface area contributed by atoms with Crippen LogP contribution in [-0.2, 0) is 0 Å². The summed E-state index contributed by atoms with van der Waals surface area (Å²) >= 11 is 6.21. The fourth-order valence-corrected chi connectivity index (χ4v) is 3.90. The zero-order valence-electron chi connectivity index (χ0n) is 14.5. The van der Waals surface area contributed by atoms with Gasteiger partial charge in [-0.1, -0.05) is 17.7 Å². The van der Waals surface area contributed by atoms with Gasteiger partial charge in [0.1, 0.15) is 23.0 Å². The van der Waals surface area contributed by atoms with Crippen LogP contribution in [-0.4, -0.2) is 17.6 Å². The van der Waals surface area contributed by atoms with E-state index in [1.807, 2.05) is 32.6 Å². The van der Waals surface area contributed by atoms with Crippen molar-refractivity contribution in [2.24, 2.45) is 0 Å². The van der Waals surface area contributed by atoms with Gasteiger partial charge in [-0.15, -0.1) is 0 Å². The van der Waals surface area contributed by atoms with Crippen molar-refractivity contribution in [3.63, 3.8) is 0 Å². The molecule has 132 valence electrons. The number of hydrogen-bond acceptors (Lipinski definition) is 2. The monoisotopic (exact) mass is 364 g/mol. The van der Waals surface area contributed by atoms with Crippen molar-refractivity contribution in [2.45, 2.75) is 39.4 Å². The molecule has 1 heterocycles. The third-order valence-corrected chi connectivity index (χ3v) is 4.77. The normalized spacial score (nSPS) is 16.4. The molecule has 0 atom stereocenters. The summed E-state index contributed by atoms with van der Waals surface area (Å²) < 4.78 is 28.4. The SMILES string of the molecule is CC(C)N1c2ccc(F)cc2C(=O)N(c2c(F)cccc2Cl)C1(C)C. The average Bonchev–Trinajstić information content (AvgIpc) is 2.50. The van der Waals surface area contributed by atoms with Crippen LogP contribution in [0.5, 0.6) is 0 Å². The summed E-state index contributed by atoms with van der Waals surface area (Å²) in [5, 5.41) is 0.130. The highest BCUT2D eigenvalue weighted by molar-refractivity contribution is 6.34. The van der Waals surface area contributed by atoms with Crippen LogP contribution in [0, 0.1) is 11.6 Å². The Morgan fingerprint density at radius 3 is 2.40 bits per heavy atom. The number of carbonyl (C=O) groups excluding carboxylic acids is 1. The summed E-state index contributed by atoms with van der Waals surface area (Å²) in [6, 6.07) is 8.35. The van der Waals surface area contributed by atoms with Crippen LogP contribution >= 0.6 is 11.6 Å². The number of nitrogens with zero attached hydrogens (tertiary/aromatic N) is 2. The fraction of sp³-hybridized carbons (Fsp3) is 0.316. The van der Waals surface area contributed by atoms with Crippen LogP contribution in [0.25, 0.3) is 0 Å². The van der Waals surface area contributed by atoms with Crippen molar-refractivity contribution in [2.75, 3.05) is 9.80 Å². The Hall–Kier alpha value is -2.14. The third-order valence-electron chi connectivity index (χ3n) is 4.47. The smallest absolute Gasteiger partial charge is 0.262 e. The lowest BCUT2D eigenvalue weighted by Crippen LogP contribution is -2.65. The molecule has 0 bridgehead atoms. The molecule has 0 saturated carbocycles. The third kappa shape index (κ3) is 2.67. The molecule has 1 aliphatic heterocycles. The predicted octanol–water partition coefficient (Wildman–Crippen LogP) is 5.23. The van der Waals surface area contributed by atoms with Crippen molar-refractivity contribution < 1.29 is 13.6 Å². The number of amides is 1. The van der Waals surface area contributed by atoms with Crippen molar-refractivity contribution >= 4 is 28.9 Å². The zero-order chi connectivity index (χ0) is 18.5. The molecular formula is C19H19ClF2N2O. The quantitative estimate of drug-likeness (QED) is 0.728. The molecule has 0 spiro atoms. The second-order valence-corrected chi connectivity index (χ2v) is 7.24. The van der Waals surface area contributed by atoms with Crippen LogP contribution < -0.4 is 9.80 Å². The Morgan fingerprint density at radius 2 is 1.80 bits per heavy atom. The maximum Gasteiger partial charge on any atom is 0.262 e. The second kappa shape index (κ2) is 5.99. The van der Waals surface area contributed by atoms with Gasteiger partial charge >= 0.3 is 0 Å². The van der Waals surface area contributed by atoms with Gasteiger partial charge in [-0.25, -0.2) is 8.78 Å². The highest BCUT2D eigenvalue weighted by Gasteiger charge is 2.46. The summed E-state index contributed by atoms with van der Waals surface area (Å²) in [5.74, 6) is -1.60. The number of fused-ring (bicyclic) bond motifs is 1. The molecule has 2 aromatic rings. The van der Waals surface area contributed by atoms with Crippen LogP contribution in [0.1, 0.15) is 38.1 Å². The van der Waals surface area contributed by atoms with Gasteiger partial charge in [0, 0.05) is 6.04 Å². The Kier molecular flexibility index (Phi) is 4.23. The van der Waals surface area contributed by atoms with E-state index in [4.69, 9.17) is 11.6 Å². The lowest BCUT2D eigenvalue weighted by molar-refractivity contribution is 0.0947. The van der Waals surface area contributed by atoms with Crippen LogP contribution in [0.4, 0.5) is 20.2 Å². The van der Waals surface area contributed by atoms with E-state index < -0.39 is 23.2 Å². The summed E-state index contributed by atoms with van der Waals surface area (Å²) in [6.07, 6.45) is 0. The Bertz CT molecular complexity index is 831. The van der Waals surface area contributed by atoms with E-state index >= 15 is 0 Å². The van der Waals surface area contributed by atoms with E-state index in [0.29, 0.717) is 5.69 Å². The second-order valence-electron chi connectivity index (χ2n) is 6.83. The minimum absolute atomic E-state index is 0.000252. The number of benzene rings is 2. The predicted molar refractivity (Wildman–Crippen MR) is 96.3 cm³/mol. The largest absolute Gasteiger partial charge is 0.346 e. The molecule has 3 nitrogen and oxygen atoms in total. The summed E-state index contributed by atoms with van der Waals surface area (Å²) in [5.41, 5.74) is -0.0933. The van der Waals surface area contributed by atoms with Gasteiger partial charge in [-0.3, -0.25) is 9.69 Å². The first-order valence-corrected chi connectivity index (χ1v) is 8.41. The van der Waals surface area contributed by atoms with Crippen LogP contribution in [0.2, 0.25) is 5.02 Å². The first kappa shape index (κ1) is 17.7. The topological polar surface area (TPSA) is 23.6 Å². The number of rotatable bonds is 2. The van der Waals surface area contributed by atoms with E-state index in [9.17, 15) is 13.6 Å². The van der Waals surface area contributed by atoms with E-state index in [1.165, 1.54) is 35.2 Å². The molecule has 6 heteroatoms. The molecular weight excluding hydrogens is 346 g/mol. The van der Waals surface area contributed by atoms with Crippen LogP contribution in [0.3, 0.4) is 0 Å². The average molecular weight is 365 g/mol. The Balaban J connectivity index is 2.32. The summed E-state index contributed by atoms with van der Waals surface area (Å²) in [4.78, 5) is 16.4. The number of anilines is 2. The van der Waals surface area contributed by atoms with E-state index in [0.717, 1.165) is 0 Å². The van der Waals surface area contributed by atoms with Gasteiger partial charge in [0.25, 0.3) is 5.91 Å². The molecule has 1 amide bonds. The maximum atomic E-state index is 14.6. The lowest BCUT2D eigenvalue weighted by Gasteiger charge is -2.53. The molecule has 0 unspecified atom stereocenters. The lowest BCUT2D eigenvalue weighted by atomic mass is 9.96. The van der Waals surface area contributed by atoms with Crippen molar-refractivity contribution in [3.05, 3.63) is 58.6 Å². The number of halogens is 3. The van der Waals surface area contributed by atoms with E-state index in [-0.39, 0.29) is 22.3 Å². The van der Waals surface area contributed by atoms with Gasteiger partial charge in [-0.05, 0) is 58.0 Å². The summed E-state index contributed by atoms with van der Waals surface area (Å²) in [7, 11) is 0. The number of para-hydroxylation sites is 1. The molecule has 1 aliphatic rings. The van der Waals surface area contributed by atoms with Crippen molar-refractivity contribution in [3.8, 4) is 0 Å². The molecule has 0 N–H and O–H groups in total. The van der Waals surface area contributed by atoms with Gasteiger partial charge in [0.05, 0.1) is 16.3 Å². The van der Waals surface area contributed by atoms with Crippen molar-refractivity contribution in [1.29, 1.82) is 0 Å². The summed E-state index contributed by atoms with van der Waals surface area (Å²) in [6.45, 7) is 7.57. The number of hydrogen-bond donors (Lipinski definition) is 0. The molecule has 25 heavy (non-hydrogen) atoms. The first-order chi connectivity index (χ1) is 11.7. The zero-order valence-corrected chi connectivity index (χ0v) is 15.2. The molecule has 0 aliphatic carbocycles. The first-order valence-electron chi connectivity index (χ1n) is 8.03. The van der Waals surface area contributed by atoms with Gasteiger partial charge in [0.15, 0.2) is 0 Å². The minimum Gasteiger partial charge on any atom is -0.346 e. The minimum atomic E-state index is -0.901. The molecule has 0 fully saturated rings. The standard InChI is InChI=1S/C19H19ClF2N2O/c1-11(2)23-16-9-8-12(21)10-13(16)18(25)24(19(23,3)4)17-14(20)6-5-7-15(17)22/h5-11H,1-4H3.